The predicted octanol–water partition coefficient (Wildman–Crippen LogP) is 4.42. The molecule has 2 unspecified atom stereocenters. The Balaban J connectivity index is 5.25. The van der Waals surface area contributed by atoms with Crippen LogP contribution >= 0.6 is 0 Å². The van der Waals surface area contributed by atoms with Crippen LogP contribution in [0.3, 0.4) is 0 Å². The van der Waals surface area contributed by atoms with Crippen molar-refractivity contribution in [2.24, 2.45) is 0 Å². The van der Waals surface area contributed by atoms with Crippen LogP contribution in [0.2, 0.25) is 0 Å². The number of rotatable bonds is 6. The van der Waals surface area contributed by atoms with Gasteiger partial charge in [0.1, 0.15) is 6.10 Å². The van der Waals surface area contributed by atoms with Crippen LogP contribution in [-0.2, 0) is 4.74 Å². The van der Waals surface area contributed by atoms with Gasteiger partial charge in [-0.15, -0.1) is 0 Å². The van der Waals surface area contributed by atoms with E-state index < -0.39 is 42.8 Å². The number of alkyl halides is 12. The van der Waals surface area contributed by atoms with Gasteiger partial charge in [-0.25, -0.2) is 13.2 Å². The fraction of sp³-hybridized carbons (Fsp3) is 1.00. The summed E-state index contributed by atoms with van der Waals surface area (Å²) < 4.78 is 149. The largest absolute Gasteiger partial charge is 0.428 e. The van der Waals surface area contributed by atoms with Crippen molar-refractivity contribution in [2.75, 3.05) is 0 Å². The van der Waals surface area contributed by atoms with E-state index in [1.807, 2.05) is 0 Å². The Labute approximate surface area is 108 Å². The standard InChI is InChI=1S/C8H6F12O/c1-2(5(12,13)6(14,15)4(10)11)21-8(19,20)3(9)7(16,17)18/h2-4H,1H3. The molecule has 0 aliphatic heterocycles. The minimum absolute atomic E-state index is 0.326. The molecule has 0 heterocycles. The molecule has 0 aromatic rings. The lowest BCUT2D eigenvalue weighted by Crippen LogP contribution is -2.56. The lowest BCUT2D eigenvalue weighted by molar-refractivity contribution is -0.383. The Kier molecular flexibility index (Phi) is 5.48. The van der Waals surface area contributed by atoms with Gasteiger partial charge in [-0.3, -0.25) is 0 Å². The summed E-state index contributed by atoms with van der Waals surface area (Å²) in [6, 6.07) is 0. The van der Waals surface area contributed by atoms with Crippen LogP contribution in [0, 0.1) is 0 Å². The highest BCUT2D eigenvalue weighted by atomic mass is 19.4. The molecule has 0 spiro atoms. The zero-order valence-electron chi connectivity index (χ0n) is 9.68. The second-order valence-corrected chi connectivity index (χ2v) is 3.77. The zero-order chi connectivity index (χ0) is 17.4. The first-order valence-corrected chi connectivity index (χ1v) is 4.78. The van der Waals surface area contributed by atoms with Crippen molar-refractivity contribution in [3.8, 4) is 0 Å². The van der Waals surface area contributed by atoms with E-state index in [4.69, 9.17) is 0 Å². The molecule has 21 heavy (non-hydrogen) atoms. The minimum Gasteiger partial charge on any atom is -0.308 e. The van der Waals surface area contributed by atoms with E-state index in [9.17, 15) is 52.7 Å². The highest BCUT2D eigenvalue weighted by Crippen LogP contribution is 2.45. The summed E-state index contributed by atoms with van der Waals surface area (Å²) in [5, 5.41) is 0. The maximum Gasteiger partial charge on any atom is 0.428 e. The van der Waals surface area contributed by atoms with E-state index >= 15 is 0 Å². The fourth-order valence-corrected chi connectivity index (χ4v) is 0.976. The van der Waals surface area contributed by atoms with E-state index in [1.165, 1.54) is 0 Å². The summed E-state index contributed by atoms with van der Waals surface area (Å²) in [6.07, 6.45) is -26.2. The SMILES string of the molecule is CC(OC(F)(F)C(F)C(F)(F)F)C(F)(F)C(F)(F)C(F)F. The molecule has 0 saturated carbocycles. The van der Waals surface area contributed by atoms with Gasteiger partial charge in [0, 0.05) is 0 Å². The Hall–Kier alpha value is -0.880. The van der Waals surface area contributed by atoms with Gasteiger partial charge in [0.25, 0.3) is 6.17 Å². The Morgan fingerprint density at radius 3 is 1.38 bits per heavy atom. The van der Waals surface area contributed by atoms with Gasteiger partial charge in [0.2, 0.25) is 0 Å². The van der Waals surface area contributed by atoms with E-state index in [0.717, 1.165) is 0 Å². The predicted molar refractivity (Wildman–Crippen MR) is 42.3 cm³/mol. The molecule has 0 aliphatic carbocycles. The summed E-state index contributed by atoms with van der Waals surface area (Å²) in [6.45, 7) is -0.326. The molecule has 1 nitrogen and oxygen atoms in total. The summed E-state index contributed by atoms with van der Waals surface area (Å²) >= 11 is 0. The van der Waals surface area contributed by atoms with Crippen LogP contribution in [0.1, 0.15) is 6.92 Å². The molecule has 0 radical (unpaired) electrons. The van der Waals surface area contributed by atoms with E-state index in [-0.39, 0.29) is 6.92 Å². The molecule has 0 N–H and O–H groups in total. The van der Waals surface area contributed by atoms with Crippen LogP contribution in [0.5, 0.6) is 0 Å². The second-order valence-electron chi connectivity index (χ2n) is 3.77. The van der Waals surface area contributed by atoms with Crippen molar-refractivity contribution in [1.29, 1.82) is 0 Å². The van der Waals surface area contributed by atoms with Crippen LogP contribution in [0.4, 0.5) is 52.7 Å². The lowest BCUT2D eigenvalue weighted by atomic mass is 10.1. The van der Waals surface area contributed by atoms with Gasteiger partial charge in [0.15, 0.2) is 0 Å². The number of hydrogen-bond acceptors (Lipinski definition) is 1. The highest BCUT2D eigenvalue weighted by Gasteiger charge is 2.68. The fourth-order valence-electron chi connectivity index (χ4n) is 0.976. The first-order valence-electron chi connectivity index (χ1n) is 4.78. The molecule has 13 heteroatoms. The van der Waals surface area contributed by atoms with Gasteiger partial charge in [-0.1, -0.05) is 0 Å². The molecular weight excluding hydrogens is 340 g/mol. The summed E-state index contributed by atoms with van der Waals surface area (Å²) in [4.78, 5) is 0. The van der Waals surface area contributed by atoms with Crippen LogP contribution < -0.4 is 0 Å². The first kappa shape index (κ1) is 20.1. The first-order chi connectivity index (χ1) is 8.98. The molecule has 0 aliphatic rings. The Morgan fingerprint density at radius 2 is 1.10 bits per heavy atom. The molecule has 0 fully saturated rings. The topological polar surface area (TPSA) is 9.23 Å². The van der Waals surface area contributed by atoms with Crippen LogP contribution in [0.15, 0.2) is 0 Å². The molecule has 0 aromatic heterocycles. The highest BCUT2D eigenvalue weighted by molar-refractivity contribution is 4.93. The van der Waals surface area contributed by atoms with Crippen molar-refractivity contribution in [3.63, 3.8) is 0 Å². The number of hydrogen-bond donors (Lipinski definition) is 0. The smallest absolute Gasteiger partial charge is 0.308 e. The van der Waals surface area contributed by atoms with E-state index in [1.54, 1.807) is 0 Å². The van der Waals surface area contributed by atoms with Gasteiger partial charge < -0.3 is 4.74 Å². The minimum atomic E-state index is -6.25. The molecule has 2 atom stereocenters. The summed E-state index contributed by atoms with van der Waals surface area (Å²) in [5.74, 6) is -12.2. The van der Waals surface area contributed by atoms with E-state index in [0.29, 0.717) is 0 Å². The number of ether oxygens (including phenoxy) is 1. The maximum absolute atomic E-state index is 12.8. The van der Waals surface area contributed by atoms with Crippen LogP contribution in [0.25, 0.3) is 0 Å². The second kappa shape index (κ2) is 5.72. The van der Waals surface area contributed by atoms with Gasteiger partial charge in [0.05, 0.1) is 0 Å². The maximum atomic E-state index is 12.8. The average molecular weight is 346 g/mol. The molecule has 0 rings (SSSR count). The molecule has 0 aromatic carbocycles. The lowest BCUT2D eigenvalue weighted by Gasteiger charge is -2.33. The van der Waals surface area contributed by atoms with E-state index in [2.05, 4.69) is 4.74 Å². The van der Waals surface area contributed by atoms with Crippen molar-refractivity contribution in [1.82, 2.24) is 0 Å². The summed E-state index contributed by atoms with van der Waals surface area (Å²) in [7, 11) is 0. The normalized spacial score (nSPS) is 18.0. The van der Waals surface area contributed by atoms with Crippen molar-refractivity contribution in [3.05, 3.63) is 0 Å². The van der Waals surface area contributed by atoms with Gasteiger partial charge in [-0.2, -0.15) is 39.5 Å². The van der Waals surface area contributed by atoms with Crippen LogP contribution in [-0.4, -0.2) is 42.8 Å². The molecule has 0 saturated heterocycles. The van der Waals surface area contributed by atoms with Crippen molar-refractivity contribution < 1.29 is 57.4 Å². The third-order valence-electron chi connectivity index (χ3n) is 2.15. The van der Waals surface area contributed by atoms with Gasteiger partial charge in [-0.05, 0) is 6.92 Å². The third-order valence-corrected chi connectivity index (χ3v) is 2.15. The third kappa shape index (κ3) is 4.07. The van der Waals surface area contributed by atoms with Crippen molar-refractivity contribution >= 4 is 0 Å². The molecule has 128 valence electrons. The average Bonchev–Trinajstić information content (AvgIpc) is 2.25. The van der Waals surface area contributed by atoms with Crippen molar-refractivity contribution in [2.45, 2.75) is 49.8 Å². The molecule has 0 bridgehead atoms. The Bertz CT molecular complexity index is 348. The summed E-state index contributed by atoms with van der Waals surface area (Å²) in [5.41, 5.74) is 0. The quantitative estimate of drug-likeness (QED) is 0.647. The number of halogens is 12. The monoisotopic (exact) mass is 346 g/mol. The zero-order valence-corrected chi connectivity index (χ0v) is 9.68. The molecular formula is C8H6F12O. The van der Waals surface area contributed by atoms with Gasteiger partial charge >= 0.3 is 30.6 Å². The molecule has 0 amide bonds. The Morgan fingerprint density at radius 1 is 0.714 bits per heavy atom.